The Morgan fingerprint density at radius 1 is 1.11 bits per heavy atom. The number of methoxy groups -OCH3 is 1. The summed E-state index contributed by atoms with van der Waals surface area (Å²) in [5, 5.41) is 12.3. The van der Waals surface area contributed by atoms with Gasteiger partial charge in [0.2, 0.25) is 0 Å². The zero-order valence-corrected chi connectivity index (χ0v) is 13.2. The molecule has 19 heavy (non-hydrogen) atoms. The van der Waals surface area contributed by atoms with Gasteiger partial charge in [-0.05, 0) is 46.3 Å². The van der Waals surface area contributed by atoms with Gasteiger partial charge in [0.05, 0.1) is 24.0 Å². The van der Waals surface area contributed by atoms with Crippen molar-refractivity contribution in [2.45, 2.75) is 0 Å². The number of hydrogen-bond acceptors (Lipinski definition) is 3. The lowest BCUT2D eigenvalue weighted by Crippen LogP contribution is -1.95. The van der Waals surface area contributed by atoms with Crippen LogP contribution in [0, 0.1) is 11.3 Å². The van der Waals surface area contributed by atoms with E-state index in [0.717, 1.165) is 14.6 Å². The maximum atomic E-state index is 9.12. The van der Waals surface area contributed by atoms with Crippen LogP contribution in [0.3, 0.4) is 0 Å². The summed E-state index contributed by atoms with van der Waals surface area (Å²) in [6.07, 6.45) is 0. The van der Waals surface area contributed by atoms with Gasteiger partial charge >= 0.3 is 0 Å². The number of nitriles is 1. The van der Waals surface area contributed by atoms with E-state index in [1.54, 1.807) is 25.3 Å². The lowest BCUT2D eigenvalue weighted by Gasteiger charge is -2.11. The molecule has 3 nitrogen and oxygen atoms in total. The molecule has 0 unspecified atom stereocenters. The number of nitrogens with zero attached hydrogens (tertiary/aromatic N) is 1. The third-order valence-corrected chi connectivity index (χ3v) is 3.70. The second-order valence-electron chi connectivity index (χ2n) is 3.77. The van der Waals surface area contributed by atoms with Crippen molar-refractivity contribution in [1.29, 1.82) is 5.26 Å². The summed E-state index contributed by atoms with van der Waals surface area (Å²) >= 11 is 6.88. The Kier molecular flexibility index (Phi) is 4.46. The van der Waals surface area contributed by atoms with E-state index in [-0.39, 0.29) is 0 Å². The highest BCUT2D eigenvalue weighted by Crippen LogP contribution is 2.31. The van der Waals surface area contributed by atoms with Crippen LogP contribution in [0.25, 0.3) is 0 Å². The molecule has 1 N–H and O–H groups in total. The van der Waals surface area contributed by atoms with Gasteiger partial charge in [-0.15, -0.1) is 0 Å². The van der Waals surface area contributed by atoms with Gasteiger partial charge in [0, 0.05) is 15.0 Å². The number of nitrogens with one attached hydrogen (secondary N) is 1. The molecule has 0 aliphatic heterocycles. The molecule has 2 aromatic carbocycles. The maximum absolute atomic E-state index is 9.12. The molecule has 0 aliphatic carbocycles. The van der Waals surface area contributed by atoms with Gasteiger partial charge < -0.3 is 10.1 Å². The first-order valence-corrected chi connectivity index (χ1v) is 7.03. The van der Waals surface area contributed by atoms with Crippen LogP contribution in [-0.2, 0) is 0 Å². The van der Waals surface area contributed by atoms with E-state index < -0.39 is 0 Å². The molecule has 0 aromatic heterocycles. The highest BCUT2D eigenvalue weighted by Gasteiger charge is 2.07. The minimum atomic E-state index is 0.565. The molecule has 0 fully saturated rings. The Balaban J connectivity index is 2.39. The minimum absolute atomic E-state index is 0.565. The van der Waals surface area contributed by atoms with Crippen LogP contribution in [-0.4, -0.2) is 7.11 Å². The second-order valence-corrected chi connectivity index (χ2v) is 5.54. The molecule has 0 atom stereocenters. The fourth-order valence-corrected chi connectivity index (χ4v) is 2.73. The van der Waals surface area contributed by atoms with Gasteiger partial charge in [-0.1, -0.05) is 15.9 Å². The molecule has 0 heterocycles. The predicted octanol–water partition coefficient (Wildman–Crippen LogP) is 4.84. The summed E-state index contributed by atoms with van der Waals surface area (Å²) in [6, 6.07) is 13.2. The van der Waals surface area contributed by atoms with Crippen LogP contribution in [0.2, 0.25) is 0 Å². The van der Waals surface area contributed by atoms with Crippen LogP contribution in [0.4, 0.5) is 11.4 Å². The Hall–Kier alpha value is -1.51. The van der Waals surface area contributed by atoms with Crippen molar-refractivity contribution in [3.05, 3.63) is 50.9 Å². The molecular formula is C14H10Br2N2O. The Labute approximate surface area is 128 Å². The number of hydrogen-bond donors (Lipinski definition) is 1. The highest BCUT2D eigenvalue weighted by atomic mass is 79.9. The van der Waals surface area contributed by atoms with Crippen LogP contribution >= 0.6 is 31.9 Å². The fraction of sp³-hybridized carbons (Fsp3) is 0.0714. The Morgan fingerprint density at radius 3 is 2.53 bits per heavy atom. The molecule has 0 aliphatic rings. The summed E-state index contributed by atoms with van der Waals surface area (Å²) in [6.45, 7) is 0. The number of halogens is 2. The van der Waals surface area contributed by atoms with Crippen molar-refractivity contribution >= 4 is 43.2 Å². The topological polar surface area (TPSA) is 45.0 Å². The number of anilines is 2. The van der Waals surface area contributed by atoms with E-state index in [4.69, 9.17) is 10.00 Å². The molecule has 0 saturated carbocycles. The van der Waals surface area contributed by atoms with Crippen molar-refractivity contribution in [3.8, 4) is 11.8 Å². The third-order valence-electron chi connectivity index (χ3n) is 2.55. The van der Waals surface area contributed by atoms with Gasteiger partial charge in [-0.3, -0.25) is 0 Å². The molecule has 0 spiro atoms. The zero-order valence-electron chi connectivity index (χ0n) is 10.1. The van der Waals surface area contributed by atoms with Crippen LogP contribution in [0.5, 0.6) is 5.75 Å². The van der Waals surface area contributed by atoms with Crippen LogP contribution in [0.15, 0.2) is 45.3 Å². The zero-order chi connectivity index (χ0) is 13.8. The molecule has 96 valence electrons. The number of ether oxygens (including phenoxy) is 1. The van der Waals surface area contributed by atoms with E-state index in [1.165, 1.54) is 0 Å². The molecule has 0 amide bonds. The van der Waals surface area contributed by atoms with Crippen LogP contribution < -0.4 is 10.1 Å². The van der Waals surface area contributed by atoms with E-state index >= 15 is 0 Å². The largest absolute Gasteiger partial charge is 0.497 e. The normalized spacial score (nSPS) is 9.79. The maximum Gasteiger partial charge on any atom is 0.121 e. The molecule has 5 heteroatoms. The van der Waals surface area contributed by atoms with Crippen molar-refractivity contribution in [1.82, 2.24) is 0 Å². The predicted molar refractivity (Wildman–Crippen MR) is 82.8 cm³/mol. The molecular weight excluding hydrogens is 372 g/mol. The summed E-state index contributed by atoms with van der Waals surface area (Å²) in [5.41, 5.74) is 2.16. The van der Waals surface area contributed by atoms with E-state index in [1.807, 2.05) is 18.2 Å². The number of benzene rings is 2. The molecule has 2 aromatic rings. The summed E-state index contributed by atoms with van der Waals surface area (Å²) < 4.78 is 7.07. The first-order chi connectivity index (χ1) is 9.13. The van der Waals surface area contributed by atoms with E-state index in [2.05, 4.69) is 43.2 Å². The highest BCUT2D eigenvalue weighted by molar-refractivity contribution is 9.11. The SMILES string of the molecule is COc1ccc(C#N)c(Nc2ccc(Br)cc2Br)c1. The van der Waals surface area contributed by atoms with Gasteiger partial charge in [-0.2, -0.15) is 5.26 Å². The van der Waals surface area contributed by atoms with Crippen molar-refractivity contribution < 1.29 is 4.74 Å². The Bertz CT molecular complexity index is 650. The lowest BCUT2D eigenvalue weighted by atomic mass is 10.1. The fourth-order valence-electron chi connectivity index (χ4n) is 1.59. The van der Waals surface area contributed by atoms with Crippen molar-refractivity contribution in [3.63, 3.8) is 0 Å². The first kappa shape index (κ1) is 13.9. The summed E-state index contributed by atoms with van der Waals surface area (Å²) in [5.74, 6) is 0.703. The van der Waals surface area contributed by atoms with E-state index in [0.29, 0.717) is 17.0 Å². The molecule has 2 rings (SSSR count). The Morgan fingerprint density at radius 2 is 1.89 bits per heavy atom. The monoisotopic (exact) mass is 380 g/mol. The summed E-state index contributed by atoms with van der Waals surface area (Å²) in [7, 11) is 1.60. The van der Waals surface area contributed by atoms with Crippen molar-refractivity contribution in [2.24, 2.45) is 0 Å². The molecule has 0 bridgehead atoms. The van der Waals surface area contributed by atoms with Gasteiger partial charge in [0.15, 0.2) is 0 Å². The van der Waals surface area contributed by atoms with Gasteiger partial charge in [0.25, 0.3) is 0 Å². The second kappa shape index (κ2) is 6.09. The first-order valence-electron chi connectivity index (χ1n) is 5.44. The van der Waals surface area contributed by atoms with E-state index in [9.17, 15) is 0 Å². The van der Waals surface area contributed by atoms with Crippen LogP contribution in [0.1, 0.15) is 5.56 Å². The number of rotatable bonds is 3. The standard InChI is InChI=1S/C14H10Br2N2O/c1-19-11-4-2-9(8-17)14(7-11)18-13-5-3-10(15)6-12(13)16/h2-7,18H,1H3. The molecule has 0 saturated heterocycles. The van der Waals surface area contributed by atoms with Gasteiger partial charge in [0.1, 0.15) is 11.8 Å². The van der Waals surface area contributed by atoms with Gasteiger partial charge in [-0.25, -0.2) is 0 Å². The lowest BCUT2D eigenvalue weighted by molar-refractivity contribution is 0.415. The average Bonchev–Trinajstić information content (AvgIpc) is 2.41. The average molecular weight is 382 g/mol. The van der Waals surface area contributed by atoms with Crippen molar-refractivity contribution in [2.75, 3.05) is 12.4 Å². The molecule has 0 radical (unpaired) electrons. The smallest absolute Gasteiger partial charge is 0.121 e. The summed E-state index contributed by atoms with van der Waals surface area (Å²) in [4.78, 5) is 0. The quantitative estimate of drug-likeness (QED) is 0.827. The minimum Gasteiger partial charge on any atom is -0.497 e. The third kappa shape index (κ3) is 3.28.